The quantitative estimate of drug-likeness (QED) is 0.570. The van der Waals surface area contributed by atoms with Crippen LogP contribution < -0.4 is 0 Å². The Balaban J connectivity index is 2.85. The van der Waals surface area contributed by atoms with E-state index in [1.165, 1.54) is 0 Å². The highest BCUT2D eigenvalue weighted by atomic mass is 32.1. The Morgan fingerprint density at radius 1 is 1.78 bits per heavy atom. The van der Waals surface area contributed by atoms with E-state index >= 15 is 0 Å². The normalized spacial score (nSPS) is 10.9. The van der Waals surface area contributed by atoms with E-state index < -0.39 is 0 Å². The van der Waals surface area contributed by atoms with Crippen molar-refractivity contribution in [2.24, 2.45) is 0 Å². The molecule has 0 aliphatic rings. The molecule has 0 bridgehead atoms. The minimum atomic E-state index is 0.919. The Morgan fingerprint density at radius 3 is 3.00 bits per heavy atom. The standard InChI is InChI=1S/C6H8N2S/c1-5-4-6(2-3-9)8-7-5/h2-4,9H,1H3,(H,7,8)/b3-2+. The minimum Gasteiger partial charge on any atom is -0.282 e. The van der Waals surface area contributed by atoms with Gasteiger partial charge in [0.2, 0.25) is 0 Å². The van der Waals surface area contributed by atoms with Crippen molar-refractivity contribution in [3.05, 3.63) is 22.9 Å². The van der Waals surface area contributed by atoms with Gasteiger partial charge in [0.1, 0.15) is 0 Å². The Hall–Kier alpha value is -0.700. The maximum Gasteiger partial charge on any atom is 0.0856 e. The smallest absolute Gasteiger partial charge is 0.0856 e. The molecule has 9 heavy (non-hydrogen) atoms. The number of rotatable bonds is 1. The van der Waals surface area contributed by atoms with Crippen molar-refractivity contribution >= 4 is 18.7 Å². The van der Waals surface area contributed by atoms with E-state index in [2.05, 4.69) is 22.8 Å². The van der Waals surface area contributed by atoms with Crippen LogP contribution in [0.2, 0.25) is 0 Å². The largest absolute Gasteiger partial charge is 0.282 e. The Morgan fingerprint density at radius 2 is 2.56 bits per heavy atom. The lowest BCUT2D eigenvalue weighted by Gasteiger charge is -1.73. The van der Waals surface area contributed by atoms with Gasteiger partial charge in [-0.25, -0.2) is 0 Å². The molecule has 1 rings (SSSR count). The van der Waals surface area contributed by atoms with Gasteiger partial charge in [0.25, 0.3) is 0 Å². The molecule has 1 heterocycles. The highest BCUT2D eigenvalue weighted by Crippen LogP contribution is 1.99. The molecule has 1 aromatic rings. The van der Waals surface area contributed by atoms with Crippen LogP contribution in [0.25, 0.3) is 6.08 Å². The van der Waals surface area contributed by atoms with Gasteiger partial charge in [-0.1, -0.05) is 0 Å². The van der Waals surface area contributed by atoms with Crippen molar-refractivity contribution in [3.8, 4) is 0 Å². The molecule has 0 unspecified atom stereocenters. The van der Waals surface area contributed by atoms with E-state index in [1.807, 2.05) is 19.1 Å². The summed E-state index contributed by atoms with van der Waals surface area (Å²) in [5, 5.41) is 8.43. The van der Waals surface area contributed by atoms with E-state index in [4.69, 9.17) is 0 Å². The lowest BCUT2D eigenvalue weighted by atomic mass is 10.4. The Bertz CT molecular complexity index is 215. The molecule has 1 N–H and O–H groups in total. The molecule has 0 aliphatic carbocycles. The maximum absolute atomic E-state index is 3.94. The number of H-pyrrole nitrogens is 1. The van der Waals surface area contributed by atoms with E-state index in [0.717, 1.165) is 11.4 Å². The lowest BCUT2D eigenvalue weighted by Crippen LogP contribution is -1.69. The van der Waals surface area contributed by atoms with Gasteiger partial charge in [-0.05, 0) is 24.5 Å². The predicted octanol–water partition coefficient (Wildman–Crippen LogP) is 1.62. The summed E-state index contributed by atoms with van der Waals surface area (Å²) in [4.78, 5) is 0. The number of hydrogen-bond donors (Lipinski definition) is 2. The third kappa shape index (κ3) is 1.61. The van der Waals surface area contributed by atoms with Crippen molar-refractivity contribution in [2.45, 2.75) is 6.92 Å². The summed E-state index contributed by atoms with van der Waals surface area (Å²) in [6, 6.07) is 1.95. The number of nitrogens with one attached hydrogen (secondary N) is 1. The van der Waals surface area contributed by atoms with Crippen LogP contribution in [0.4, 0.5) is 0 Å². The van der Waals surface area contributed by atoms with Crippen LogP contribution in [0, 0.1) is 6.92 Å². The summed E-state index contributed by atoms with van der Waals surface area (Å²) in [6.07, 6.45) is 1.83. The summed E-state index contributed by atoms with van der Waals surface area (Å²) >= 11 is 3.91. The van der Waals surface area contributed by atoms with E-state index in [9.17, 15) is 0 Å². The number of aromatic nitrogens is 2. The lowest BCUT2D eigenvalue weighted by molar-refractivity contribution is 1.04. The molecular weight excluding hydrogens is 132 g/mol. The minimum absolute atomic E-state index is 0.919. The number of thiol groups is 1. The van der Waals surface area contributed by atoms with Crippen LogP contribution in [0.15, 0.2) is 11.5 Å². The molecule has 2 nitrogen and oxygen atoms in total. The zero-order chi connectivity index (χ0) is 6.69. The maximum atomic E-state index is 3.94. The van der Waals surface area contributed by atoms with Gasteiger partial charge < -0.3 is 0 Å². The third-order valence-electron chi connectivity index (χ3n) is 0.971. The Kier molecular flexibility index (Phi) is 1.95. The average Bonchev–Trinajstić information content (AvgIpc) is 2.17. The first kappa shape index (κ1) is 6.42. The first-order valence-electron chi connectivity index (χ1n) is 2.65. The molecule has 48 valence electrons. The van der Waals surface area contributed by atoms with Crippen LogP contribution in [0.5, 0.6) is 0 Å². The summed E-state index contributed by atoms with van der Waals surface area (Å²) in [6.45, 7) is 1.96. The van der Waals surface area contributed by atoms with Crippen molar-refractivity contribution < 1.29 is 0 Å². The SMILES string of the molecule is Cc1cc(/C=C/S)n[nH]1. The van der Waals surface area contributed by atoms with Crippen molar-refractivity contribution in [2.75, 3.05) is 0 Å². The number of aryl methyl sites for hydroxylation is 1. The fourth-order valence-electron chi connectivity index (χ4n) is 0.601. The van der Waals surface area contributed by atoms with Crippen molar-refractivity contribution in [1.29, 1.82) is 0 Å². The molecule has 0 aliphatic heterocycles. The van der Waals surface area contributed by atoms with Gasteiger partial charge in [0.15, 0.2) is 0 Å². The van der Waals surface area contributed by atoms with E-state index in [1.54, 1.807) is 5.41 Å². The first-order valence-corrected chi connectivity index (χ1v) is 3.17. The van der Waals surface area contributed by atoms with Crippen LogP contribution in [-0.4, -0.2) is 10.2 Å². The number of nitrogens with zero attached hydrogens (tertiary/aromatic N) is 1. The second-order valence-corrected chi connectivity index (χ2v) is 2.09. The predicted molar refractivity (Wildman–Crippen MR) is 41.3 cm³/mol. The van der Waals surface area contributed by atoms with Crippen LogP contribution >= 0.6 is 12.6 Å². The summed E-state index contributed by atoms with van der Waals surface area (Å²) in [5.41, 5.74) is 1.99. The monoisotopic (exact) mass is 140 g/mol. The molecule has 0 spiro atoms. The molecule has 0 saturated heterocycles. The first-order chi connectivity index (χ1) is 4.33. The molecule has 0 aromatic carbocycles. The van der Waals surface area contributed by atoms with Crippen LogP contribution in [-0.2, 0) is 0 Å². The highest BCUT2D eigenvalue weighted by molar-refractivity contribution is 7.83. The van der Waals surface area contributed by atoms with Crippen LogP contribution in [0.1, 0.15) is 11.4 Å². The van der Waals surface area contributed by atoms with Crippen LogP contribution in [0.3, 0.4) is 0 Å². The molecule has 0 saturated carbocycles. The molecule has 0 atom stereocenters. The van der Waals surface area contributed by atoms with Gasteiger partial charge >= 0.3 is 0 Å². The number of aromatic amines is 1. The molecule has 1 aromatic heterocycles. The second-order valence-electron chi connectivity index (χ2n) is 1.79. The zero-order valence-electron chi connectivity index (χ0n) is 5.13. The summed E-state index contributed by atoms with van der Waals surface area (Å²) < 4.78 is 0. The summed E-state index contributed by atoms with van der Waals surface area (Å²) in [7, 11) is 0. The van der Waals surface area contributed by atoms with Gasteiger partial charge in [0, 0.05) is 5.69 Å². The van der Waals surface area contributed by atoms with Gasteiger partial charge in [-0.3, -0.25) is 5.10 Å². The average molecular weight is 140 g/mol. The molecule has 3 heteroatoms. The van der Waals surface area contributed by atoms with E-state index in [0.29, 0.717) is 0 Å². The second kappa shape index (κ2) is 2.73. The van der Waals surface area contributed by atoms with Gasteiger partial charge in [-0.15, -0.1) is 0 Å². The Labute approximate surface area is 59.4 Å². The molecule has 0 radical (unpaired) electrons. The van der Waals surface area contributed by atoms with Gasteiger partial charge in [0.05, 0.1) is 5.69 Å². The molecular formula is C6H8N2S. The highest BCUT2D eigenvalue weighted by Gasteiger charge is 1.88. The third-order valence-corrected chi connectivity index (χ3v) is 1.12. The fraction of sp³-hybridized carbons (Fsp3) is 0.167. The summed E-state index contributed by atoms with van der Waals surface area (Å²) in [5.74, 6) is 0. The van der Waals surface area contributed by atoms with E-state index in [-0.39, 0.29) is 0 Å². The topological polar surface area (TPSA) is 28.7 Å². The fourth-order valence-corrected chi connectivity index (χ4v) is 0.754. The number of hydrogen-bond acceptors (Lipinski definition) is 2. The van der Waals surface area contributed by atoms with Gasteiger partial charge in [-0.2, -0.15) is 17.7 Å². The zero-order valence-corrected chi connectivity index (χ0v) is 6.02. The van der Waals surface area contributed by atoms with Crippen molar-refractivity contribution in [3.63, 3.8) is 0 Å². The van der Waals surface area contributed by atoms with Crippen molar-refractivity contribution in [1.82, 2.24) is 10.2 Å². The molecule has 0 fully saturated rings. The molecule has 0 amide bonds.